The van der Waals surface area contributed by atoms with Crippen LogP contribution >= 0.6 is 0 Å². The van der Waals surface area contributed by atoms with E-state index in [2.05, 4.69) is 36.4 Å². The number of rotatable bonds is 6. The van der Waals surface area contributed by atoms with Gasteiger partial charge in [0.1, 0.15) is 0 Å². The molecule has 0 aliphatic rings. The second-order valence-corrected chi connectivity index (χ2v) is 7.83. The second kappa shape index (κ2) is 10.00. The molecule has 0 aliphatic carbocycles. The molecule has 0 saturated carbocycles. The Bertz CT molecular complexity index is 1320. The molecule has 0 bridgehead atoms. The molecule has 0 saturated heterocycles. The maximum atomic E-state index is 4.86. The van der Waals surface area contributed by atoms with Crippen molar-refractivity contribution in [2.24, 2.45) is 0 Å². The van der Waals surface area contributed by atoms with E-state index >= 15 is 0 Å². The van der Waals surface area contributed by atoms with Gasteiger partial charge in [0, 0.05) is 37.8 Å². The number of hydrogen-bond acceptors (Lipinski definition) is 3. The summed E-state index contributed by atoms with van der Waals surface area (Å²) in [4.78, 5) is 0. The molecule has 0 radical (unpaired) electrons. The zero-order chi connectivity index (χ0) is 22.7. The van der Waals surface area contributed by atoms with Crippen molar-refractivity contribution in [3.05, 3.63) is 134 Å². The molecule has 0 unspecified atom stereocenters. The summed E-state index contributed by atoms with van der Waals surface area (Å²) in [5.74, 6) is 0. The molecule has 6 rings (SSSR count). The fourth-order valence-corrected chi connectivity index (χ4v) is 3.91. The number of benzene rings is 3. The number of aromatic nitrogens is 6. The Morgan fingerprint density at radius 3 is 0.971 bits per heavy atom. The van der Waals surface area contributed by atoms with Gasteiger partial charge in [-0.3, -0.25) is 14.0 Å². The van der Waals surface area contributed by atoms with Crippen LogP contribution in [0.5, 0.6) is 0 Å². The fraction of sp³-hybridized carbons (Fsp3) is 0. The van der Waals surface area contributed by atoms with Crippen molar-refractivity contribution in [2.45, 2.75) is 0 Å². The van der Waals surface area contributed by atoms with Crippen LogP contribution in [0.1, 0.15) is 0 Å². The Balaban J connectivity index is 0.00000253. The van der Waals surface area contributed by atoms with Gasteiger partial charge < -0.3 is 0 Å². The molecule has 0 spiro atoms. The van der Waals surface area contributed by atoms with Crippen molar-refractivity contribution in [3.63, 3.8) is 0 Å². The molecule has 0 N–H and O–H groups in total. The van der Waals surface area contributed by atoms with Gasteiger partial charge in [-0.05, 0) is 18.6 Å². The van der Waals surface area contributed by atoms with Gasteiger partial charge in [-0.15, -0.1) is 0 Å². The third-order valence-corrected chi connectivity index (χ3v) is 5.59. The summed E-state index contributed by atoms with van der Waals surface area (Å²) < 4.78 is 5.43. The van der Waals surface area contributed by atoms with Crippen molar-refractivity contribution in [1.82, 2.24) is 29.3 Å². The fourth-order valence-electron chi connectivity index (χ4n) is 3.91. The predicted molar refractivity (Wildman–Crippen MR) is 132 cm³/mol. The Kier molecular flexibility index (Phi) is 6.46. The van der Waals surface area contributed by atoms with E-state index in [4.69, 9.17) is 15.3 Å². The zero-order valence-electron chi connectivity index (χ0n) is 18.7. The molecular formula is C28H21MoN6-. The van der Waals surface area contributed by atoms with Crippen LogP contribution in [-0.2, 0) is 21.1 Å². The first-order valence-electron chi connectivity index (χ1n) is 11.1. The van der Waals surface area contributed by atoms with E-state index in [0.29, 0.717) is 6.29 Å². The molecule has 6 nitrogen and oxygen atoms in total. The van der Waals surface area contributed by atoms with Crippen LogP contribution in [0.2, 0.25) is 0 Å². The quantitative estimate of drug-likeness (QED) is 0.203. The number of nitrogens with zero attached hydrogens (tertiary/aromatic N) is 6. The summed E-state index contributed by atoms with van der Waals surface area (Å²) in [5, 5.41) is 14.6. The normalized spacial score (nSPS) is 10.6. The summed E-state index contributed by atoms with van der Waals surface area (Å²) in [7, 11) is 0. The standard InChI is InChI=1S/C28H21N6.Mo/c1-4-10-22(11-5-1)25-16-19-32(29-25)28(33-20-17-26(30-33)23-12-6-2-7-13-23)34-21-18-27(31-34)24-14-8-3-9-15-24;/h1-21H;/q-1;. The van der Waals surface area contributed by atoms with Gasteiger partial charge in [0.2, 0.25) is 0 Å². The molecular weight excluding hydrogens is 516 g/mol. The summed E-state index contributed by atoms with van der Waals surface area (Å²) in [6.07, 6.45) is 6.49. The molecule has 35 heavy (non-hydrogen) atoms. The Hall–Kier alpha value is -4.15. The van der Waals surface area contributed by atoms with Gasteiger partial charge in [0.05, 0.1) is 17.1 Å². The topological polar surface area (TPSA) is 53.5 Å². The first-order valence-corrected chi connectivity index (χ1v) is 11.1. The average molecular weight is 537 g/mol. The van der Waals surface area contributed by atoms with E-state index in [1.54, 1.807) is 0 Å². The average Bonchev–Trinajstić information content (AvgIpc) is 3.68. The van der Waals surface area contributed by atoms with Gasteiger partial charge in [-0.25, -0.2) is 0 Å². The smallest absolute Gasteiger partial charge is 0.160 e. The van der Waals surface area contributed by atoms with Gasteiger partial charge in [-0.2, -0.15) is 15.3 Å². The summed E-state index contributed by atoms with van der Waals surface area (Å²) in [5.41, 5.74) is 5.79. The van der Waals surface area contributed by atoms with Crippen LogP contribution in [-0.4, -0.2) is 29.3 Å². The van der Waals surface area contributed by atoms with Crippen LogP contribution in [0.4, 0.5) is 0 Å². The van der Waals surface area contributed by atoms with Crippen molar-refractivity contribution < 1.29 is 21.1 Å². The summed E-state index contributed by atoms with van der Waals surface area (Å²) >= 11 is 0. The van der Waals surface area contributed by atoms with Crippen LogP contribution in [0.3, 0.4) is 0 Å². The minimum Gasteiger partial charge on any atom is -0.286 e. The molecule has 0 atom stereocenters. The van der Waals surface area contributed by atoms with Crippen molar-refractivity contribution in [1.29, 1.82) is 0 Å². The summed E-state index contributed by atoms with van der Waals surface area (Å²) in [6.45, 7) is 0. The van der Waals surface area contributed by atoms with E-state index in [9.17, 15) is 0 Å². The molecule has 3 aromatic carbocycles. The second-order valence-electron chi connectivity index (χ2n) is 7.83. The molecule has 6 aromatic rings. The first kappa shape index (κ1) is 22.6. The minimum absolute atomic E-state index is 0. The Labute approximate surface area is 217 Å². The molecule has 3 aromatic heterocycles. The van der Waals surface area contributed by atoms with E-state index in [0.717, 1.165) is 33.8 Å². The maximum absolute atomic E-state index is 4.86. The molecule has 7 heteroatoms. The van der Waals surface area contributed by atoms with E-state index in [-0.39, 0.29) is 21.1 Å². The molecule has 0 aliphatic heterocycles. The number of hydrogen-bond donors (Lipinski definition) is 0. The molecule has 170 valence electrons. The SMILES string of the molecule is [Mo].c1ccc(-c2ccn([C-](n3ccc(-c4ccccc4)n3)n3ccc(-c4ccccc4)n3)n2)cc1. The van der Waals surface area contributed by atoms with Crippen LogP contribution in [0.15, 0.2) is 128 Å². The predicted octanol–water partition coefficient (Wildman–Crippen LogP) is 5.67. The van der Waals surface area contributed by atoms with Gasteiger partial charge in [-0.1, -0.05) is 109 Å². The van der Waals surface area contributed by atoms with E-state index in [1.807, 2.05) is 105 Å². The van der Waals surface area contributed by atoms with E-state index < -0.39 is 0 Å². The maximum Gasteiger partial charge on any atom is 0.160 e. The third kappa shape index (κ3) is 4.61. The van der Waals surface area contributed by atoms with Crippen molar-refractivity contribution in [3.8, 4) is 33.8 Å². The zero-order valence-corrected chi connectivity index (χ0v) is 20.7. The largest absolute Gasteiger partial charge is 0.286 e. The Morgan fingerprint density at radius 1 is 0.400 bits per heavy atom. The van der Waals surface area contributed by atoms with Crippen molar-refractivity contribution >= 4 is 0 Å². The van der Waals surface area contributed by atoms with Crippen LogP contribution in [0.25, 0.3) is 33.8 Å². The van der Waals surface area contributed by atoms with E-state index in [1.165, 1.54) is 0 Å². The van der Waals surface area contributed by atoms with Crippen LogP contribution < -0.4 is 0 Å². The molecule has 0 fully saturated rings. The Morgan fingerprint density at radius 2 is 0.686 bits per heavy atom. The van der Waals surface area contributed by atoms with Gasteiger partial charge in [0.25, 0.3) is 0 Å². The van der Waals surface area contributed by atoms with Crippen molar-refractivity contribution in [2.75, 3.05) is 0 Å². The summed E-state index contributed by atoms with van der Waals surface area (Å²) in [6, 6.07) is 36.4. The monoisotopic (exact) mass is 539 g/mol. The van der Waals surface area contributed by atoms with Crippen LogP contribution in [0, 0.1) is 6.29 Å². The van der Waals surface area contributed by atoms with Gasteiger partial charge >= 0.3 is 0 Å². The minimum atomic E-state index is 0. The molecule has 3 heterocycles. The molecule has 0 amide bonds. The third-order valence-electron chi connectivity index (χ3n) is 5.59. The van der Waals surface area contributed by atoms with Gasteiger partial charge in [0.15, 0.2) is 6.29 Å². The first-order chi connectivity index (χ1) is 16.8.